The first-order chi connectivity index (χ1) is 6.92. The second kappa shape index (κ2) is 5.22. The molecule has 0 aliphatic heterocycles. The van der Waals surface area contributed by atoms with Crippen LogP contribution in [0.4, 0.5) is 0 Å². The Kier molecular flexibility index (Phi) is 4.47. The Balaban J connectivity index is 2.76. The van der Waals surface area contributed by atoms with Gasteiger partial charge in [0.2, 0.25) is 0 Å². The van der Waals surface area contributed by atoms with Crippen molar-refractivity contribution in [3.05, 3.63) is 28.8 Å². The fraction of sp³-hybridized carbons (Fsp3) is 0.500. The van der Waals surface area contributed by atoms with Crippen LogP contribution in [0, 0.1) is 5.41 Å². The maximum absolute atomic E-state index is 5.91. The number of rotatable bonds is 3. The third kappa shape index (κ3) is 4.43. The van der Waals surface area contributed by atoms with E-state index in [1.807, 2.05) is 18.2 Å². The van der Waals surface area contributed by atoms with Crippen LogP contribution in [-0.2, 0) is 5.33 Å². The van der Waals surface area contributed by atoms with Gasteiger partial charge in [0, 0.05) is 15.9 Å². The van der Waals surface area contributed by atoms with Gasteiger partial charge in [0.25, 0.3) is 0 Å². The van der Waals surface area contributed by atoms with Crippen LogP contribution in [0.5, 0.6) is 5.75 Å². The first-order valence-corrected chi connectivity index (χ1v) is 6.39. The summed E-state index contributed by atoms with van der Waals surface area (Å²) in [5.74, 6) is 0.909. The summed E-state index contributed by atoms with van der Waals surface area (Å²) in [6.45, 7) is 7.15. The molecule has 3 heteroatoms. The molecule has 0 fully saturated rings. The molecule has 0 N–H and O–H groups in total. The van der Waals surface area contributed by atoms with Gasteiger partial charge < -0.3 is 4.74 Å². The van der Waals surface area contributed by atoms with E-state index in [0.717, 1.165) is 21.7 Å². The van der Waals surface area contributed by atoms with Gasteiger partial charge in [-0.15, -0.1) is 0 Å². The zero-order valence-electron chi connectivity index (χ0n) is 9.31. The summed E-state index contributed by atoms with van der Waals surface area (Å²) in [6.07, 6.45) is 0. The number of halogens is 2. The molecule has 1 aromatic carbocycles. The fourth-order valence-electron chi connectivity index (χ4n) is 1.09. The van der Waals surface area contributed by atoms with Gasteiger partial charge in [0.1, 0.15) is 5.75 Å². The van der Waals surface area contributed by atoms with Gasteiger partial charge in [-0.05, 0) is 23.6 Å². The molecule has 0 aromatic heterocycles. The van der Waals surface area contributed by atoms with E-state index >= 15 is 0 Å². The summed E-state index contributed by atoms with van der Waals surface area (Å²) >= 11 is 9.33. The Labute approximate surface area is 105 Å². The molecule has 84 valence electrons. The summed E-state index contributed by atoms with van der Waals surface area (Å²) in [4.78, 5) is 0. The Hall–Kier alpha value is -0.210. The Morgan fingerprint density at radius 2 is 2.00 bits per heavy atom. The first kappa shape index (κ1) is 12.9. The predicted octanol–water partition coefficient (Wildman–Crippen LogP) is 4.66. The lowest BCUT2D eigenvalue weighted by atomic mass is 9.99. The van der Waals surface area contributed by atoms with Crippen LogP contribution in [0.2, 0.25) is 5.02 Å². The second-order valence-corrected chi connectivity index (χ2v) is 5.73. The van der Waals surface area contributed by atoms with Crippen LogP contribution < -0.4 is 4.74 Å². The minimum atomic E-state index is 0.170. The summed E-state index contributed by atoms with van der Waals surface area (Å²) < 4.78 is 5.76. The van der Waals surface area contributed by atoms with E-state index in [1.165, 1.54) is 0 Å². The normalized spacial score (nSPS) is 11.5. The zero-order valence-corrected chi connectivity index (χ0v) is 11.7. The largest absolute Gasteiger partial charge is 0.493 e. The van der Waals surface area contributed by atoms with Crippen LogP contribution in [0.1, 0.15) is 26.3 Å². The monoisotopic (exact) mass is 290 g/mol. The van der Waals surface area contributed by atoms with E-state index in [-0.39, 0.29) is 5.41 Å². The number of alkyl halides is 1. The van der Waals surface area contributed by atoms with E-state index in [0.29, 0.717) is 6.61 Å². The zero-order chi connectivity index (χ0) is 11.5. The van der Waals surface area contributed by atoms with Crippen molar-refractivity contribution in [2.75, 3.05) is 6.61 Å². The molecular formula is C12H16BrClO. The van der Waals surface area contributed by atoms with Gasteiger partial charge in [-0.25, -0.2) is 0 Å². The van der Waals surface area contributed by atoms with E-state index < -0.39 is 0 Å². The van der Waals surface area contributed by atoms with Crippen molar-refractivity contribution in [1.82, 2.24) is 0 Å². The number of benzene rings is 1. The van der Waals surface area contributed by atoms with Gasteiger partial charge in [-0.1, -0.05) is 48.3 Å². The number of hydrogen-bond acceptors (Lipinski definition) is 1. The molecule has 0 bridgehead atoms. The smallest absolute Gasteiger partial charge is 0.123 e. The number of hydrogen-bond donors (Lipinski definition) is 0. The van der Waals surface area contributed by atoms with Gasteiger partial charge in [-0.2, -0.15) is 0 Å². The predicted molar refractivity (Wildman–Crippen MR) is 69.0 cm³/mol. The Bertz CT molecular complexity index is 331. The Morgan fingerprint density at radius 1 is 1.33 bits per heavy atom. The highest BCUT2D eigenvalue weighted by Crippen LogP contribution is 2.26. The summed E-state index contributed by atoms with van der Waals surface area (Å²) in [5, 5.41) is 1.50. The average Bonchev–Trinajstić information content (AvgIpc) is 2.14. The molecule has 1 nitrogen and oxygen atoms in total. The lowest BCUT2D eigenvalue weighted by Crippen LogP contribution is -2.17. The van der Waals surface area contributed by atoms with Gasteiger partial charge in [0.05, 0.1) is 6.61 Å². The van der Waals surface area contributed by atoms with Gasteiger partial charge >= 0.3 is 0 Å². The quantitative estimate of drug-likeness (QED) is 0.736. The summed E-state index contributed by atoms with van der Waals surface area (Å²) in [6, 6.07) is 5.70. The third-order valence-corrected chi connectivity index (χ3v) is 2.67. The maximum atomic E-state index is 5.91. The van der Waals surface area contributed by atoms with Crippen molar-refractivity contribution >= 4 is 27.5 Å². The molecule has 0 spiro atoms. The molecule has 0 amide bonds. The van der Waals surface area contributed by atoms with Crippen LogP contribution >= 0.6 is 27.5 Å². The van der Waals surface area contributed by atoms with E-state index in [2.05, 4.69) is 36.7 Å². The highest BCUT2D eigenvalue weighted by Gasteiger charge is 2.12. The Morgan fingerprint density at radius 3 is 2.53 bits per heavy atom. The van der Waals surface area contributed by atoms with Crippen LogP contribution in [0.25, 0.3) is 0 Å². The van der Waals surface area contributed by atoms with Crippen molar-refractivity contribution < 1.29 is 4.74 Å². The van der Waals surface area contributed by atoms with Crippen molar-refractivity contribution in [3.8, 4) is 5.75 Å². The first-order valence-electron chi connectivity index (χ1n) is 4.89. The second-order valence-electron chi connectivity index (χ2n) is 4.74. The van der Waals surface area contributed by atoms with Crippen LogP contribution in [0.3, 0.4) is 0 Å². The SMILES string of the molecule is CC(C)(C)COc1ccc(Cl)cc1CBr. The molecular weight excluding hydrogens is 275 g/mol. The van der Waals surface area contributed by atoms with Gasteiger partial charge in [-0.3, -0.25) is 0 Å². The van der Waals surface area contributed by atoms with Crippen LogP contribution in [-0.4, -0.2) is 6.61 Å². The topological polar surface area (TPSA) is 9.23 Å². The molecule has 1 aromatic rings. The molecule has 0 heterocycles. The molecule has 0 radical (unpaired) electrons. The summed E-state index contributed by atoms with van der Waals surface area (Å²) in [7, 11) is 0. The maximum Gasteiger partial charge on any atom is 0.123 e. The van der Waals surface area contributed by atoms with E-state index in [9.17, 15) is 0 Å². The fourth-order valence-corrected chi connectivity index (χ4v) is 1.72. The highest BCUT2D eigenvalue weighted by atomic mass is 79.9. The minimum Gasteiger partial charge on any atom is -0.493 e. The van der Waals surface area contributed by atoms with Crippen molar-refractivity contribution in [2.24, 2.45) is 5.41 Å². The molecule has 0 saturated heterocycles. The average molecular weight is 292 g/mol. The third-order valence-electron chi connectivity index (χ3n) is 1.83. The van der Waals surface area contributed by atoms with E-state index in [1.54, 1.807) is 0 Å². The van der Waals surface area contributed by atoms with Crippen molar-refractivity contribution in [1.29, 1.82) is 0 Å². The molecule has 1 rings (SSSR count). The summed E-state index contributed by atoms with van der Waals surface area (Å²) in [5.41, 5.74) is 1.26. The van der Waals surface area contributed by atoms with Crippen molar-refractivity contribution in [3.63, 3.8) is 0 Å². The minimum absolute atomic E-state index is 0.170. The molecule has 0 unspecified atom stereocenters. The lowest BCUT2D eigenvalue weighted by Gasteiger charge is -2.20. The molecule has 0 saturated carbocycles. The molecule has 0 aliphatic carbocycles. The number of ether oxygens (including phenoxy) is 1. The van der Waals surface area contributed by atoms with E-state index in [4.69, 9.17) is 16.3 Å². The molecule has 15 heavy (non-hydrogen) atoms. The standard InChI is InChI=1S/C12H16BrClO/c1-12(2,3)8-15-11-5-4-10(14)6-9(11)7-13/h4-6H,7-8H2,1-3H3. The van der Waals surface area contributed by atoms with Gasteiger partial charge in [0.15, 0.2) is 0 Å². The highest BCUT2D eigenvalue weighted by molar-refractivity contribution is 9.08. The molecule has 0 atom stereocenters. The van der Waals surface area contributed by atoms with Crippen molar-refractivity contribution in [2.45, 2.75) is 26.1 Å². The lowest BCUT2D eigenvalue weighted by molar-refractivity contribution is 0.197. The van der Waals surface area contributed by atoms with Crippen LogP contribution in [0.15, 0.2) is 18.2 Å². The molecule has 0 aliphatic rings.